The van der Waals surface area contributed by atoms with Gasteiger partial charge in [-0.05, 0) is 26.3 Å². The van der Waals surface area contributed by atoms with Crippen LogP contribution < -0.4 is 0 Å². The maximum Gasteiger partial charge on any atom is 0.549 e. The molecular formula is C15H24O5Si. The topological polar surface area (TPSA) is 54.0 Å². The van der Waals surface area contributed by atoms with Crippen LogP contribution in [0.5, 0.6) is 0 Å². The van der Waals surface area contributed by atoms with E-state index in [2.05, 4.69) is 0 Å². The van der Waals surface area contributed by atoms with E-state index in [0.29, 0.717) is 19.8 Å². The van der Waals surface area contributed by atoms with Crippen LogP contribution in [0, 0.1) is 0 Å². The highest BCUT2D eigenvalue weighted by atomic mass is 28.4. The first-order chi connectivity index (χ1) is 10.1. The van der Waals surface area contributed by atoms with Gasteiger partial charge in [0.1, 0.15) is 0 Å². The van der Waals surface area contributed by atoms with Gasteiger partial charge in [-0.25, -0.2) is 0 Å². The molecule has 0 aliphatic rings. The molecule has 1 unspecified atom stereocenters. The van der Waals surface area contributed by atoms with E-state index in [9.17, 15) is 4.79 Å². The predicted octanol–water partition coefficient (Wildman–Crippen LogP) is 2.88. The van der Waals surface area contributed by atoms with Crippen molar-refractivity contribution in [1.29, 1.82) is 0 Å². The van der Waals surface area contributed by atoms with Crippen LogP contribution in [0.4, 0.5) is 0 Å². The van der Waals surface area contributed by atoms with E-state index in [4.69, 9.17) is 18.0 Å². The molecule has 0 radical (unpaired) electrons. The zero-order chi connectivity index (χ0) is 15.7. The summed E-state index contributed by atoms with van der Waals surface area (Å²) in [6, 6.07) is 9.43. The second-order valence-corrected chi connectivity index (χ2v) is 6.90. The number of esters is 1. The van der Waals surface area contributed by atoms with Gasteiger partial charge in [0.15, 0.2) is 5.73 Å². The van der Waals surface area contributed by atoms with Crippen molar-refractivity contribution < 1.29 is 22.8 Å². The van der Waals surface area contributed by atoms with Crippen LogP contribution in [0.1, 0.15) is 39.0 Å². The van der Waals surface area contributed by atoms with Crippen molar-refractivity contribution in [2.45, 2.75) is 33.4 Å². The molecule has 0 spiro atoms. The summed E-state index contributed by atoms with van der Waals surface area (Å²) in [5, 5.41) is 0. The summed E-state index contributed by atoms with van der Waals surface area (Å²) in [6.07, 6.45) is 0. The Hall–Kier alpha value is -1.21. The van der Waals surface area contributed by atoms with Gasteiger partial charge in [0.25, 0.3) is 0 Å². The van der Waals surface area contributed by atoms with Crippen LogP contribution in [0.25, 0.3) is 0 Å². The number of hydrogen-bond donors (Lipinski definition) is 0. The third kappa shape index (κ3) is 4.92. The van der Waals surface area contributed by atoms with E-state index < -0.39 is 14.5 Å². The maximum absolute atomic E-state index is 11.5. The Bertz CT molecular complexity index is 406. The minimum atomic E-state index is -3.17. The van der Waals surface area contributed by atoms with Crippen LogP contribution in [0.15, 0.2) is 30.3 Å². The normalized spacial score (nSPS) is 13.0. The van der Waals surface area contributed by atoms with Crippen molar-refractivity contribution in [1.82, 2.24) is 0 Å². The van der Waals surface area contributed by atoms with E-state index in [1.807, 2.05) is 51.1 Å². The lowest BCUT2D eigenvalue weighted by Crippen LogP contribution is -2.53. The molecule has 1 aromatic rings. The molecule has 1 aromatic carbocycles. The SMILES string of the molecule is CCO[Si](OCC)(OCC)C(OC(C)=O)c1ccccc1. The van der Waals surface area contributed by atoms with Crippen molar-refractivity contribution in [2.75, 3.05) is 19.8 Å². The molecule has 0 aromatic heterocycles. The second-order valence-electron chi connectivity index (χ2n) is 4.30. The number of rotatable bonds is 9. The molecule has 118 valence electrons. The summed E-state index contributed by atoms with van der Waals surface area (Å²) in [7, 11) is -3.17. The summed E-state index contributed by atoms with van der Waals surface area (Å²) >= 11 is 0. The monoisotopic (exact) mass is 312 g/mol. The summed E-state index contributed by atoms with van der Waals surface area (Å²) < 4.78 is 23.0. The van der Waals surface area contributed by atoms with E-state index in [1.165, 1.54) is 6.92 Å². The Morgan fingerprint density at radius 1 is 1.00 bits per heavy atom. The molecule has 1 atom stereocenters. The average molecular weight is 312 g/mol. The predicted molar refractivity (Wildman–Crippen MR) is 81.6 cm³/mol. The van der Waals surface area contributed by atoms with Gasteiger partial charge in [-0.2, -0.15) is 0 Å². The lowest BCUT2D eigenvalue weighted by atomic mass is 10.2. The van der Waals surface area contributed by atoms with E-state index in [-0.39, 0.29) is 5.97 Å². The highest BCUT2D eigenvalue weighted by Gasteiger charge is 2.53. The molecule has 0 heterocycles. The first kappa shape index (κ1) is 17.8. The van der Waals surface area contributed by atoms with Crippen LogP contribution >= 0.6 is 0 Å². The van der Waals surface area contributed by atoms with Crippen LogP contribution in [-0.2, 0) is 22.8 Å². The van der Waals surface area contributed by atoms with Crippen LogP contribution in [-0.4, -0.2) is 34.6 Å². The highest BCUT2D eigenvalue weighted by molar-refractivity contribution is 6.62. The fourth-order valence-corrected chi connectivity index (χ4v) is 4.92. The zero-order valence-corrected chi connectivity index (χ0v) is 14.1. The first-order valence-electron chi connectivity index (χ1n) is 7.23. The molecule has 1 rings (SSSR count). The third-order valence-electron chi connectivity index (χ3n) is 2.74. The quantitative estimate of drug-likeness (QED) is 0.518. The number of benzene rings is 1. The Morgan fingerprint density at radius 2 is 1.48 bits per heavy atom. The van der Waals surface area contributed by atoms with Crippen molar-refractivity contribution >= 4 is 14.8 Å². The minimum absolute atomic E-state index is 0.389. The largest absolute Gasteiger partial charge is 0.549 e. The first-order valence-corrected chi connectivity index (χ1v) is 9.03. The standard InChI is InChI=1S/C15H24O5Si/c1-5-17-21(18-6-2,19-7-3)15(20-13(4)16)14-11-9-8-10-12-14/h8-12,15H,5-7H2,1-4H3. The minimum Gasteiger partial charge on any atom is -0.453 e. The van der Waals surface area contributed by atoms with E-state index in [1.54, 1.807) is 0 Å². The van der Waals surface area contributed by atoms with Gasteiger partial charge in [0.05, 0.1) is 0 Å². The molecule has 0 N–H and O–H groups in total. The number of ether oxygens (including phenoxy) is 1. The van der Waals surface area contributed by atoms with E-state index >= 15 is 0 Å². The molecule has 21 heavy (non-hydrogen) atoms. The van der Waals surface area contributed by atoms with Gasteiger partial charge in [-0.3, -0.25) is 4.79 Å². The molecule has 0 aliphatic heterocycles. The third-order valence-corrected chi connectivity index (χ3v) is 5.91. The van der Waals surface area contributed by atoms with Gasteiger partial charge in [-0.15, -0.1) is 0 Å². The van der Waals surface area contributed by atoms with Crippen LogP contribution in [0.3, 0.4) is 0 Å². The second kappa shape index (κ2) is 8.94. The Balaban J connectivity index is 3.23. The molecule has 0 fully saturated rings. The molecule has 0 amide bonds. The van der Waals surface area contributed by atoms with Crippen LogP contribution in [0.2, 0.25) is 0 Å². The van der Waals surface area contributed by atoms with Gasteiger partial charge < -0.3 is 18.0 Å². The summed E-state index contributed by atoms with van der Waals surface area (Å²) in [4.78, 5) is 11.5. The summed E-state index contributed by atoms with van der Waals surface area (Å²) in [5.74, 6) is -0.389. The molecule has 5 nitrogen and oxygen atoms in total. The fraction of sp³-hybridized carbons (Fsp3) is 0.533. The summed E-state index contributed by atoms with van der Waals surface area (Å²) in [5.41, 5.74) is 0.158. The molecule has 0 saturated carbocycles. The smallest absolute Gasteiger partial charge is 0.453 e. The number of carbonyl (C=O) groups is 1. The maximum atomic E-state index is 11.5. The number of carbonyl (C=O) groups excluding carboxylic acids is 1. The number of hydrogen-bond acceptors (Lipinski definition) is 5. The van der Waals surface area contributed by atoms with Crippen molar-refractivity contribution in [3.8, 4) is 0 Å². The molecule has 0 bridgehead atoms. The average Bonchev–Trinajstić information content (AvgIpc) is 2.46. The lowest BCUT2D eigenvalue weighted by Gasteiger charge is -2.34. The molecule has 0 saturated heterocycles. The fourth-order valence-electron chi connectivity index (χ4n) is 2.09. The van der Waals surface area contributed by atoms with Gasteiger partial charge in [-0.1, -0.05) is 30.3 Å². The van der Waals surface area contributed by atoms with Crippen molar-refractivity contribution in [3.05, 3.63) is 35.9 Å². The molecular weight excluding hydrogens is 288 g/mol. The Morgan fingerprint density at radius 3 is 1.86 bits per heavy atom. The molecule has 0 aliphatic carbocycles. The summed E-state index contributed by atoms with van der Waals surface area (Å²) in [6.45, 7) is 8.27. The van der Waals surface area contributed by atoms with Gasteiger partial charge >= 0.3 is 14.8 Å². The van der Waals surface area contributed by atoms with Crippen molar-refractivity contribution in [3.63, 3.8) is 0 Å². The molecule has 6 heteroatoms. The highest BCUT2D eigenvalue weighted by Crippen LogP contribution is 2.31. The van der Waals surface area contributed by atoms with Gasteiger partial charge in [0.2, 0.25) is 0 Å². The zero-order valence-electron chi connectivity index (χ0n) is 13.1. The van der Waals surface area contributed by atoms with Crippen molar-refractivity contribution in [2.24, 2.45) is 0 Å². The lowest BCUT2D eigenvalue weighted by molar-refractivity contribution is -0.147. The Kier molecular flexibility index (Phi) is 7.59. The van der Waals surface area contributed by atoms with E-state index in [0.717, 1.165) is 5.56 Å². The Labute approximate surface area is 127 Å². The van der Waals surface area contributed by atoms with Gasteiger partial charge in [0, 0.05) is 26.7 Å².